The van der Waals surface area contributed by atoms with Gasteiger partial charge < -0.3 is 18.9 Å². The Morgan fingerprint density at radius 3 is 1.10 bits per heavy atom. The van der Waals surface area contributed by atoms with Crippen molar-refractivity contribution in [3.05, 3.63) is 0 Å². The summed E-state index contributed by atoms with van der Waals surface area (Å²) in [4.78, 5) is 0. The Hall–Kier alpha value is 0.274. The van der Waals surface area contributed by atoms with Crippen LogP contribution in [-0.4, -0.2) is 58.0 Å². The number of hydrogen-bond donors (Lipinski definition) is 0. The Morgan fingerprint density at radius 2 is 0.828 bits per heavy atom. The molecule has 0 spiro atoms. The fraction of sp³-hybridized carbons (Fsp3) is 1.00. The van der Waals surface area contributed by atoms with Gasteiger partial charge in [0, 0.05) is 45.5 Å². The standard InChI is InChI=1S/C23H48O4Si2/c1-5-9-15-24-22(25-16-10-6-2)13-19-28-21-29-20-14-23(26-17-11-7-3)27-18-12-8-4/h22-23H,5-21H2,1-4H3. The Labute approximate surface area is 186 Å². The van der Waals surface area contributed by atoms with Crippen LogP contribution in [0.25, 0.3) is 0 Å². The van der Waals surface area contributed by atoms with Crippen molar-refractivity contribution in [3.63, 3.8) is 0 Å². The molecule has 0 saturated carbocycles. The van der Waals surface area contributed by atoms with Crippen LogP contribution >= 0.6 is 0 Å². The van der Waals surface area contributed by atoms with E-state index >= 15 is 0 Å². The summed E-state index contributed by atoms with van der Waals surface area (Å²) in [6.07, 6.45) is 11.3. The molecule has 0 aromatic heterocycles. The first kappa shape index (κ1) is 29.3. The summed E-state index contributed by atoms with van der Waals surface area (Å²) in [5.74, 6) is 0. The van der Waals surface area contributed by atoms with Crippen molar-refractivity contribution in [1.82, 2.24) is 0 Å². The Bertz CT molecular complexity index is 261. The van der Waals surface area contributed by atoms with Crippen LogP contribution in [0.5, 0.6) is 0 Å². The van der Waals surface area contributed by atoms with Crippen molar-refractivity contribution in [1.29, 1.82) is 0 Å². The molecule has 4 nitrogen and oxygen atoms in total. The van der Waals surface area contributed by atoms with Gasteiger partial charge in [0.2, 0.25) is 0 Å². The maximum absolute atomic E-state index is 5.93. The molecule has 29 heavy (non-hydrogen) atoms. The van der Waals surface area contributed by atoms with Gasteiger partial charge in [-0.2, -0.15) is 0 Å². The van der Waals surface area contributed by atoms with E-state index in [0.717, 1.165) is 84.0 Å². The lowest BCUT2D eigenvalue weighted by Gasteiger charge is -2.19. The van der Waals surface area contributed by atoms with Crippen molar-refractivity contribution in [3.8, 4) is 0 Å². The van der Waals surface area contributed by atoms with Gasteiger partial charge >= 0.3 is 0 Å². The van der Waals surface area contributed by atoms with E-state index in [0.29, 0.717) is 0 Å². The van der Waals surface area contributed by atoms with Crippen molar-refractivity contribution < 1.29 is 18.9 Å². The van der Waals surface area contributed by atoms with E-state index < -0.39 is 0 Å². The van der Waals surface area contributed by atoms with Gasteiger partial charge in [0.25, 0.3) is 0 Å². The quantitative estimate of drug-likeness (QED) is 0.0993. The molecule has 0 heterocycles. The summed E-state index contributed by atoms with van der Waals surface area (Å²) in [6, 6.07) is 2.44. The molecule has 0 N–H and O–H groups in total. The summed E-state index contributed by atoms with van der Waals surface area (Å²) < 4.78 is 23.7. The second-order valence-electron chi connectivity index (χ2n) is 7.51. The van der Waals surface area contributed by atoms with E-state index in [9.17, 15) is 0 Å². The zero-order chi connectivity index (χ0) is 21.4. The first-order chi connectivity index (χ1) is 14.3. The Morgan fingerprint density at radius 1 is 0.517 bits per heavy atom. The molecule has 172 valence electrons. The average molecular weight is 445 g/mol. The molecule has 4 radical (unpaired) electrons. The second kappa shape index (κ2) is 24.5. The van der Waals surface area contributed by atoms with E-state index in [1.54, 1.807) is 0 Å². The van der Waals surface area contributed by atoms with E-state index in [4.69, 9.17) is 18.9 Å². The predicted octanol–water partition coefficient (Wildman–Crippen LogP) is 6.31. The van der Waals surface area contributed by atoms with Crippen LogP contribution in [0.2, 0.25) is 17.8 Å². The molecule has 0 aromatic carbocycles. The zero-order valence-corrected chi connectivity index (χ0v) is 21.8. The van der Waals surface area contributed by atoms with Crippen LogP contribution in [0.3, 0.4) is 0 Å². The molecule has 0 atom stereocenters. The van der Waals surface area contributed by atoms with E-state index in [1.165, 1.54) is 43.4 Å². The van der Waals surface area contributed by atoms with Crippen LogP contribution in [0, 0.1) is 0 Å². The van der Waals surface area contributed by atoms with Gasteiger partial charge in [-0.3, -0.25) is 0 Å². The topological polar surface area (TPSA) is 36.9 Å². The third kappa shape index (κ3) is 21.3. The van der Waals surface area contributed by atoms with Gasteiger partial charge in [-0.05, 0) is 38.5 Å². The summed E-state index contributed by atoms with van der Waals surface area (Å²) in [5.41, 5.74) is 1.33. The van der Waals surface area contributed by atoms with E-state index in [-0.39, 0.29) is 12.6 Å². The number of rotatable bonds is 24. The van der Waals surface area contributed by atoms with Crippen LogP contribution in [-0.2, 0) is 18.9 Å². The molecule has 0 fully saturated rings. The molecule has 0 rings (SSSR count). The maximum atomic E-state index is 5.93. The molecular weight excluding hydrogens is 396 g/mol. The normalized spacial score (nSPS) is 11.8. The number of ether oxygens (including phenoxy) is 4. The molecule has 0 bridgehead atoms. The van der Waals surface area contributed by atoms with Gasteiger partial charge in [-0.1, -0.05) is 71.1 Å². The molecule has 0 unspecified atom stereocenters. The first-order valence-corrected chi connectivity index (χ1v) is 15.0. The zero-order valence-electron chi connectivity index (χ0n) is 19.8. The minimum atomic E-state index is 0.00671. The minimum absolute atomic E-state index is 0.00671. The molecule has 0 aliphatic carbocycles. The van der Waals surface area contributed by atoms with Gasteiger partial charge in [0.15, 0.2) is 12.6 Å². The highest BCUT2D eigenvalue weighted by Gasteiger charge is 2.11. The molecule has 0 aliphatic heterocycles. The second-order valence-corrected chi connectivity index (χ2v) is 10.9. The summed E-state index contributed by atoms with van der Waals surface area (Å²) in [5, 5.41) is 0. The van der Waals surface area contributed by atoms with Gasteiger partial charge in [-0.15, -0.1) is 0 Å². The highest BCUT2D eigenvalue weighted by Crippen LogP contribution is 2.10. The SMILES string of the molecule is CCCCOC(CC[Si]C[Si]CCC(OCCCC)OCCCC)OCCCC. The van der Waals surface area contributed by atoms with Crippen LogP contribution < -0.4 is 0 Å². The molecular formula is C23H48O4Si2. The third-order valence-electron chi connectivity index (χ3n) is 4.57. The van der Waals surface area contributed by atoms with Crippen LogP contribution in [0.1, 0.15) is 91.9 Å². The highest BCUT2D eigenvalue weighted by molar-refractivity contribution is 6.55. The Balaban J connectivity index is 3.85. The molecule has 0 aromatic rings. The minimum Gasteiger partial charge on any atom is -0.353 e. The maximum Gasteiger partial charge on any atom is 0.157 e. The fourth-order valence-corrected chi connectivity index (χ4v) is 5.57. The summed E-state index contributed by atoms with van der Waals surface area (Å²) in [6.45, 7) is 12.1. The largest absolute Gasteiger partial charge is 0.353 e. The van der Waals surface area contributed by atoms with Crippen molar-refractivity contribution in [2.24, 2.45) is 0 Å². The summed E-state index contributed by atoms with van der Waals surface area (Å²) in [7, 11) is 2.02. The van der Waals surface area contributed by atoms with Crippen LogP contribution in [0.4, 0.5) is 0 Å². The highest BCUT2D eigenvalue weighted by atomic mass is 28.3. The molecule has 0 amide bonds. The van der Waals surface area contributed by atoms with E-state index in [2.05, 4.69) is 27.7 Å². The Kier molecular flexibility index (Phi) is 24.8. The van der Waals surface area contributed by atoms with Gasteiger partial charge in [0.05, 0.1) is 0 Å². The lowest BCUT2D eigenvalue weighted by atomic mass is 10.3. The van der Waals surface area contributed by atoms with E-state index in [1.807, 2.05) is 0 Å². The molecule has 0 saturated heterocycles. The van der Waals surface area contributed by atoms with Gasteiger partial charge in [0.1, 0.15) is 0 Å². The van der Waals surface area contributed by atoms with Crippen molar-refractivity contribution in [2.75, 3.05) is 26.4 Å². The fourth-order valence-electron chi connectivity index (χ4n) is 2.57. The van der Waals surface area contributed by atoms with Crippen LogP contribution in [0.15, 0.2) is 0 Å². The average Bonchev–Trinajstić information content (AvgIpc) is 2.72. The lowest BCUT2D eigenvalue weighted by Crippen LogP contribution is -2.20. The summed E-state index contributed by atoms with van der Waals surface area (Å²) >= 11 is 0. The molecule has 6 heteroatoms. The number of unbranched alkanes of at least 4 members (excludes halogenated alkanes) is 4. The first-order valence-electron chi connectivity index (χ1n) is 12.2. The smallest absolute Gasteiger partial charge is 0.157 e. The third-order valence-corrected chi connectivity index (χ3v) is 7.85. The molecule has 0 aliphatic rings. The number of hydrogen-bond acceptors (Lipinski definition) is 4. The van der Waals surface area contributed by atoms with Gasteiger partial charge in [-0.25, -0.2) is 0 Å². The predicted molar refractivity (Wildman–Crippen MR) is 126 cm³/mol. The lowest BCUT2D eigenvalue weighted by molar-refractivity contribution is -0.144. The van der Waals surface area contributed by atoms with Crippen molar-refractivity contribution in [2.45, 2.75) is 122 Å². The van der Waals surface area contributed by atoms with Crippen molar-refractivity contribution >= 4 is 19.0 Å². The monoisotopic (exact) mass is 444 g/mol.